The standard InChI is InChI=1S/C5H6Cl6/c6-3(7)1-5(10,11)2-4(8)9/h3-4H,1-2H2. The largest absolute Gasteiger partial charge is 0.123 e. The van der Waals surface area contributed by atoms with Crippen LogP contribution in [-0.2, 0) is 0 Å². The van der Waals surface area contributed by atoms with Crippen molar-refractivity contribution < 1.29 is 0 Å². The van der Waals surface area contributed by atoms with E-state index in [2.05, 4.69) is 0 Å². The summed E-state index contributed by atoms with van der Waals surface area (Å²) in [7, 11) is 0. The number of rotatable bonds is 4. The molecule has 0 rings (SSSR count). The van der Waals surface area contributed by atoms with Gasteiger partial charge in [-0.2, -0.15) is 0 Å². The Balaban J connectivity index is 3.79. The molecule has 0 aliphatic heterocycles. The van der Waals surface area contributed by atoms with Crippen LogP contribution in [-0.4, -0.2) is 14.0 Å². The maximum Gasteiger partial charge on any atom is 0.123 e. The molecular formula is C5H6Cl6. The van der Waals surface area contributed by atoms with Gasteiger partial charge in [-0.3, -0.25) is 0 Å². The number of hydrogen-bond donors (Lipinski definition) is 0. The first-order chi connectivity index (χ1) is 4.83. The highest BCUT2D eigenvalue weighted by molar-refractivity contribution is 6.52. The summed E-state index contributed by atoms with van der Waals surface area (Å²) >= 11 is 33.3. The van der Waals surface area contributed by atoms with Gasteiger partial charge < -0.3 is 0 Å². The Labute approximate surface area is 96.0 Å². The molecule has 0 aromatic carbocycles. The van der Waals surface area contributed by atoms with Crippen LogP contribution in [0.3, 0.4) is 0 Å². The molecule has 0 aromatic heterocycles. The first-order valence-electron chi connectivity index (χ1n) is 2.77. The molecule has 68 valence electrons. The third kappa shape index (κ3) is 8.08. The molecule has 0 atom stereocenters. The van der Waals surface area contributed by atoms with E-state index < -0.39 is 14.0 Å². The van der Waals surface area contributed by atoms with Gasteiger partial charge in [-0.1, -0.05) is 0 Å². The predicted molar refractivity (Wildman–Crippen MR) is 54.7 cm³/mol. The molecule has 0 aromatic rings. The maximum atomic E-state index is 5.75. The van der Waals surface area contributed by atoms with Gasteiger partial charge in [0, 0.05) is 12.8 Å². The molecule has 11 heavy (non-hydrogen) atoms. The van der Waals surface area contributed by atoms with E-state index in [9.17, 15) is 0 Å². The summed E-state index contributed by atoms with van der Waals surface area (Å²) in [6, 6.07) is 0. The number of halogens is 6. The van der Waals surface area contributed by atoms with Crippen LogP contribution in [0.15, 0.2) is 0 Å². The summed E-state index contributed by atoms with van der Waals surface area (Å²) in [6.07, 6.45) is 0.490. The Morgan fingerprint density at radius 1 is 0.818 bits per heavy atom. The van der Waals surface area contributed by atoms with E-state index in [4.69, 9.17) is 69.6 Å². The molecule has 0 unspecified atom stereocenters. The van der Waals surface area contributed by atoms with Crippen LogP contribution in [0.1, 0.15) is 12.8 Å². The van der Waals surface area contributed by atoms with Crippen molar-refractivity contribution in [1.82, 2.24) is 0 Å². The minimum absolute atomic E-state index is 0.245. The Bertz CT molecular complexity index is 97.5. The predicted octanol–water partition coefficient (Wildman–Crippen LogP) is 4.55. The zero-order chi connectivity index (χ0) is 9.07. The quantitative estimate of drug-likeness (QED) is 0.662. The summed E-state index contributed by atoms with van der Waals surface area (Å²) in [4.78, 5) is -1.20. The fraction of sp³-hybridized carbons (Fsp3) is 1.00. The smallest absolute Gasteiger partial charge is 0.105 e. The molecule has 0 N–H and O–H groups in total. The second-order valence-corrected chi connectivity index (χ2v) is 6.24. The van der Waals surface area contributed by atoms with Gasteiger partial charge in [0.25, 0.3) is 0 Å². The highest BCUT2D eigenvalue weighted by Crippen LogP contribution is 2.36. The molecule has 0 spiro atoms. The lowest BCUT2D eigenvalue weighted by Crippen LogP contribution is -2.19. The summed E-state index contributed by atoms with van der Waals surface area (Å²) in [6.45, 7) is 0. The van der Waals surface area contributed by atoms with Crippen molar-refractivity contribution in [3.05, 3.63) is 0 Å². The molecule has 0 aliphatic carbocycles. The number of hydrogen-bond acceptors (Lipinski definition) is 0. The highest BCUT2D eigenvalue weighted by Gasteiger charge is 2.29. The van der Waals surface area contributed by atoms with Crippen molar-refractivity contribution in [3.8, 4) is 0 Å². The van der Waals surface area contributed by atoms with Crippen LogP contribution in [0.4, 0.5) is 0 Å². The molecule has 0 amide bonds. The zero-order valence-corrected chi connectivity index (χ0v) is 9.87. The lowest BCUT2D eigenvalue weighted by Gasteiger charge is -2.19. The molecule has 6 heteroatoms. The fourth-order valence-corrected chi connectivity index (χ4v) is 2.84. The van der Waals surface area contributed by atoms with Gasteiger partial charge in [-0.05, 0) is 0 Å². The van der Waals surface area contributed by atoms with E-state index in [1.807, 2.05) is 0 Å². The zero-order valence-electron chi connectivity index (χ0n) is 5.34. The topological polar surface area (TPSA) is 0 Å². The summed E-state index contributed by atoms with van der Waals surface area (Å²) in [5.41, 5.74) is 0. The Kier molecular flexibility index (Phi) is 6.33. The van der Waals surface area contributed by atoms with E-state index in [1.54, 1.807) is 0 Å². The lowest BCUT2D eigenvalue weighted by atomic mass is 10.2. The Morgan fingerprint density at radius 2 is 1.09 bits per heavy atom. The first-order valence-corrected chi connectivity index (χ1v) is 5.28. The average Bonchev–Trinajstić information content (AvgIpc) is 1.53. The highest BCUT2D eigenvalue weighted by atomic mass is 35.5. The van der Waals surface area contributed by atoms with Gasteiger partial charge in [0.1, 0.15) is 14.0 Å². The Morgan fingerprint density at radius 3 is 1.27 bits per heavy atom. The summed E-state index contributed by atoms with van der Waals surface area (Å²) < 4.78 is -1.04. The Hall–Kier alpha value is 1.74. The average molecular weight is 279 g/mol. The molecule has 0 nitrogen and oxygen atoms in total. The molecule has 0 heterocycles. The van der Waals surface area contributed by atoms with Crippen LogP contribution in [0, 0.1) is 0 Å². The molecular weight excluding hydrogens is 273 g/mol. The van der Waals surface area contributed by atoms with Gasteiger partial charge in [0.2, 0.25) is 0 Å². The van der Waals surface area contributed by atoms with Crippen molar-refractivity contribution in [2.24, 2.45) is 0 Å². The van der Waals surface area contributed by atoms with Crippen LogP contribution in [0.5, 0.6) is 0 Å². The van der Waals surface area contributed by atoms with Gasteiger partial charge in [0.15, 0.2) is 0 Å². The number of alkyl halides is 6. The van der Waals surface area contributed by atoms with Gasteiger partial charge >= 0.3 is 0 Å². The van der Waals surface area contributed by atoms with E-state index in [0.29, 0.717) is 0 Å². The summed E-state index contributed by atoms with van der Waals surface area (Å²) in [5.74, 6) is 0. The van der Waals surface area contributed by atoms with Crippen molar-refractivity contribution in [2.45, 2.75) is 26.8 Å². The van der Waals surface area contributed by atoms with Crippen LogP contribution in [0.25, 0.3) is 0 Å². The van der Waals surface area contributed by atoms with Gasteiger partial charge in [0.05, 0.1) is 0 Å². The third-order valence-electron chi connectivity index (χ3n) is 0.906. The maximum absolute atomic E-state index is 5.75. The molecule has 0 bridgehead atoms. The van der Waals surface area contributed by atoms with Crippen molar-refractivity contribution in [3.63, 3.8) is 0 Å². The second-order valence-electron chi connectivity index (χ2n) is 2.05. The molecule has 0 radical (unpaired) electrons. The van der Waals surface area contributed by atoms with Crippen molar-refractivity contribution in [1.29, 1.82) is 0 Å². The van der Waals surface area contributed by atoms with Crippen molar-refractivity contribution >= 4 is 69.6 Å². The minimum Gasteiger partial charge on any atom is -0.105 e. The van der Waals surface area contributed by atoms with Gasteiger partial charge in [-0.25, -0.2) is 0 Å². The normalized spacial score (nSPS) is 13.1. The molecule has 0 saturated carbocycles. The third-order valence-corrected chi connectivity index (χ3v) is 2.14. The van der Waals surface area contributed by atoms with E-state index in [0.717, 1.165) is 0 Å². The monoisotopic (exact) mass is 276 g/mol. The first kappa shape index (κ1) is 12.7. The lowest BCUT2D eigenvalue weighted by molar-refractivity contribution is 0.691. The molecule has 0 aliphatic rings. The van der Waals surface area contributed by atoms with Gasteiger partial charge in [-0.15, -0.1) is 69.6 Å². The van der Waals surface area contributed by atoms with Crippen molar-refractivity contribution in [2.75, 3.05) is 0 Å². The fourth-order valence-electron chi connectivity index (χ4n) is 0.535. The van der Waals surface area contributed by atoms with E-state index in [1.165, 1.54) is 0 Å². The van der Waals surface area contributed by atoms with Crippen LogP contribution >= 0.6 is 69.6 Å². The molecule has 0 fully saturated rings. The SMILES string of the molecule is ClC(Cl)CC(Cl)(Cl)CC(Cl)Cl. The van der Waals surface area contributed by atoms with Crippen LogP contribution < -0.4 is 0 Å². The molecule has 0 saturated heterocycles. The van der Waals surface area contributed by atoms with E-state index >= 15 is 0 Å². The van der Waals surface area contributed by atoms with E-state index in [-0.39, 0.29) is 12.8 Å². The minimum atomic E-state index is -1.04. The summed E-state index contributed by atoms with van der Waals surface area (Å²) in [5, 5.41) is 0. The van der Waals surface area contributed by atoms with Crippen LogP contribution in [0.2, 0.25) is 0 Å². The second kappa shape index (κ2) is 5.47.